The van der Waals surface area contributed by atoms with E-state index in [1.807, 2.05) is 44.2 Å². The maximum atomic E-state index is 12.0. The van der Waals surface area contributed by atoms with Crippen molar-refractivity contribution in [2.24, 2.45) is 5.92 Å². The SMILES string of the molecule is CC(C)NC(=O)C1CCN(CC(O)c2ccccc2)CC1. The third-order valence-corrected chi connectivity index (χ3v) is 4.00. The molecule has 1 amide bonds. The number of hydrogen-bond acceptors (Lipinski definition) is 3. The molecular formula is C17H26N2O2. The van der Waals surface area contributed by atoms with Gasteiger partial charge in [-0.15, -0.1) is 0 Å². The van der Waals surface area contributed by atoms with E-state index in [0.29, 0.717) is 6.54 Å². The van der Waals surface area contributed by atoms with Crippen molar-refractivity contribution in [2.45, 2.75) is 38.8 Å². The third-order valence-electron chi connectivity index (χ3n) is 4.00. The molecule has 0 aromatic heterocycles. The van der Waals surface area contributed by atoms with Crippen molar-refractivity contribution in [1.82, 2.24) is 10.2 Å². The molecular weight excluding hydrogens is 264 g/mol. The standard InChI is InChI=1S/C17H26N2O2/c1-13(2)18-17(21)15-8-10-19(11-9-15)12-16(20)14-6-4-3-5-7-14/h3-7,13,15-16,20H,8-12H2,1-2H3,(H,18,21). The minimum Gasteiger partial charge on any atom is -0.387 e. The number of aliphatic hydroxyl groups is 1. The van der Waals surface area contributed by atoms with Crippen LogP contribution < -0.4 is 5.32 Å². The van der Waals surface area contributed by atoms with Crippen LogP contribution in [0.2, 0.25) is 0 Å². The zero-order valence-corrected chi connectivity index (χ0v) is 13.0. The highest BCUT2D eigenvalue weighted by Crippen LogP contribution is 2.21. The molecule has 0 bridgehead atoms. The monoisotopic (exact) mass is 290 g/mol. The highest BCUT2D eigenvalue weighted by atomic mass is 16.3. The smallest absolute Gasteiger partial charge is 0.223 e. The van der Waals surface area contributed by atoms with Gasteiger partial charge in [0, 0.05) is 18.5 Å². The number of aliphatic hydroxyl groups excluding tert-OH is 1. The van der Waals surface area contributed by atoms with E-state index in [1.165, 1.54) is 0 Å². The van der Waals surface area contributed by atoms with Crippen molar-refractivity contribution in [3.63, 3.8) is 0 Å². The number of rotatable bonds is 5. The van der Waals surface area contributed by atoms with Gasteiger partial charge >= 0.3 is 0 Å². The third kappa shape index (κ3) is 4.83. The van der Waals surface area contributed by atoms with Crippen LogP contribution >= 0.6 is 0 Å². The van der Waals surface area contributed by atoms with Crippen LogP contribution in [0.5, 0.6) is 0 Å². The molecule has 4 heteroatoms. The summed E-state index contributed by atoms with van der Waals surface area (Å²) >= 11 is 0. The molecule has 1 atom stereocenters. The van der Waals surface area contributed by atoms with Crippen LogP contribution in [0.15, 0.2) is 30.3 Å². The number of likely N-dealkylation sites (tertiary alicyclic amines) is 1. The van der Waals surface area contributed by atoms with Crippen LogP contribution in [0.4, 0.5) is 0 Å². The number of nitrogens with zero attached hydrogens (tertiary/aromatic N) is 1. The van der Waals surface area contributed by atoms with Crippen LogP contribution in [0.3, 0.4) is 0 Å². The van der Waals surface area contributed by atoms with Crippen LogP contribution in [0.1, 0.15) is 38.4 Å². The lowest BCUT2D eigenvalue weighted by Crippen LogP contribution is -2.43. The number of hydrogen-bond donors (Lipinski definition) is 2. The fraction of sp³-hybridized carbons (Fsp3) is 0.588. The van der Waals surface area contributed by atoms with Gasteiger partial charge in [0.2, 0.25) is 5.91 Å². The molecule has 1 aromatic rings. The van der Waals surface area contributed by atoms with Crippen LogP contribution in [0.25, 0.3) is 0 Å². The van der Waals surface area contributed by atoms with Gasteiger partial charge in [-0.1, -0.05) is 30.3 Å². The summed E-state index contributed by atoms with van der Waals surface area (Å²) in [5.74, 6) is 0.297. The largest absolute Gasteiger partial charge is 0.387 e. The number of piperidine rings is 1. The molecule has 0 spiro atoms. The summed E-state index contributed by atoms with van der Waals surface area (Å²) in [6.07, 6.45) is 1.30. The molecule has 1 heterocycles. The van der Waals surface area contributed by atoms with Gasteiger partial charge in [-0.25, -0.2) is 0 Å². The number of carbonyl (C=O) groups excluding carboxylic acids is 1. The Balaban J connectivity index is 1.78. The summed E-state index contributed by atoms with van der Waals surface area (Å²) in [6, 6.07) is 9.95. The summed E-state index contributed by atoms with van der Waals surface area (Å²) in [7, 11) is 0. The number of carbonyl (C=O) groups is 1. The van der Waals surface area contributed by atoms with Crippen molar-refractivity contribution in [3.8, 4) is 0 Å². The Morgan fingerprint density at radius 3 is 2.48 bits per heavy atom. The van der Waals surface area contributed by atoms with Gasteiger partial charge in [0.25, 0.3) is 0 Å². The van der Waals surface area contributed by atoms with Crippen molar-refractivity contribution in [1.29, 1.82) is 0 Å². The van der Waals surface area contributed by atoms with Gasteiger partial charge in [0.1, 0.15) is 0 Å². The minimum absolute atomic E-state index is 0.123. The Kier molecular flexibility index (Phi) is 5.76. The maximum Gasteiger partial charge on any atom is 0.223 e. The van der Waals surface area contributed by atoms with Crippen LogP contribution in [-0.2, 0) is 4.79 Å². The van der Waals surface area contributed by atoms with Crippen LogP contribution in [-0.4, -0.2) is 41.6 Å². The predicted molar refractivity (Wildman–Crippen MR) is 83.8 cm³/mol. The molecule has 4 nitrogen and oxygen atoms in total. The number of nitrogens with one attached hydrogen (secondary N) is 1. The molecule has 2 N–H and O–H groups in total. The van der Waals surface area contributed by atoms with E-state index in [4.69, 9.17) is 0 Å². The highest BCUT2D eigenvalue weighted by molar-refractivity contribution is 5.78. The molecule has 0 radical (unpaired) electrons. The topological polar surface area (TPSA) is 52.6 Å². The Morgan fingerprint density at radius 2 is 1.90 bits per heavy atom. The Bertz CT molecular complexity index is 439. The van der Waals surface area contributed by atoms with Crippen molar-refractivity contribution in [2.75, 3.05) is 19.6 Å². The van der Waals surface area contributed by atoms with Gasteiger partial charge in [-0.3, -0.25) is 4.79 Å². The second kappa shape index (κ2) is 7.57. The average molecular weight is 290 g/mol. The van der Waals surface area contributed by atoms with E-state index >= 15 is 0 Å². The van der Waals surface area contributed by atoms with Gasteiger partial charge < -0.3 is 15.3 Å². The van der Waals surface area contributed by atoms with Crippen LogP contribution in [0, 0.1) is 5.92 Å². The van der Waals surface area contributed by atoms with E-state index in [0.717, 1.165) is 31.5 Å². The van der Waals surface area contributed by atoms with E-state index in [2.05, 4.69) is 10.2 Å². The fourth-order valence-electron chi connectivity index (χ4n) is 2.81. The average Bonchev–Trinajstić information content (AvgIpc) is 2.48. The second-order valence-corrected chi connectivity index (χ2v) is 6.16. The molecule has 116 valence electrons. The maximum absolute atomic E-state index is 12.0. The van der Waals surface area contributed by atoms with Gasteiger partial charge in [0.05, 0.1) is 6.10 Å². The first kappa shape index (κ1) is 16.0. The molecule has 2 rings (SSSR count). The van der Waals surface area contributed by atoms with Gasteiger partial charge in [-0.05, 0) is 45.3 Å². The first-order valence-electron chi connectivity index (χ1n) is 7.82. The second-order valence-electron chi connectivity index (χ2n) is 6.16. The number of amides is 1. The van der Waals surface area contributed by atoms with Gasteiger partial charge in [0.15, 0.2) is 0 Å². The summed E-state index contributed by atoms with van der Waals surface area (Å²) in [4.78, 5) is 14.2. The molecule has 0 saturated carbocycles. The van der Waals surface area contributed by atoms with Gasteiger partial charge in [-0.2, -0.15) is 0 Å². The Morgan fingerprint density at radius 1 is 1.29 bits per heavy atom. The van der Waals surface area contributed by atoms with E-state index in [1.54, 1.807) is 0 Å². The van der Waals surface area contributed by atoms with E-state index < -0.39 is 6.10 Å². The molecule has 1 unspecified atom stereocenters. The Hall–Kier alpha value is -1.39. The Labute approximate surface area is 127 Å². The molecule has 1 fully saturated rings. The summed E-state index contributed by atoms with van der Waals surface area (Å²) in [6.45, 7) is 6.37. The number of benzene rings is 1. The molecule has 1 aliphatic heterocycles. The lowest BCUT2D eigenvalue weighted by molar-refractivity contribution is -0.127. The first-order valence-corrected chi connectivity index (χ1v) is 7.82. The minimum atomic E-state index is -0.452. The fourth-order valence-corrected chi connectivity index (χ4v) is 2.81. The van der Waals surface area contributed by atoms with Crippen molar-refractivity contribution >= 4 is 5.91 Å². The number of β-amino-alcohol motifs (C(OH)–C–C–N with tert-alkyl or cyclic N) is 1. The zero-order chi connectivity index (χ0) is 15.2. The summed E-state index contributed by atoms with van der Waals surface area (Å²) in [5, 5.41) is 13.2. The lowest BCUT2D eigenvalue weighted by atomic mass is 9.95. The summed E-state index contributed by atoms with van der Waals surface area (Å²) < 4.78 is 0. The molecule has 1 aliphatic rings. The zero-order valence-electron chi connectivity index (χ0n) is 13.0. The van der Waals surface area contributed by atoms with Crippen molar-refractivity contribution < 1.29 is 9.90 Å². The summed E-state index contributed by atoms with van der Waals surface area (Å²) in [5.41, 5.74) is 0.956. The quantitative estimate of drug-likeness (QED) is 0.871. The normalized spacial score (nSPS) is 18.7. The molecule has 21 heavy (non-hydrogen) atoms. The van der Waals surface area contributed by atoms with Crippen molar-refractivity contribution in [3.05, 3.63) is 35.9 Å². The molecule has 0 aliphatic carbocycles. The van der Waals surface area contributed by atoms with E-state index in [9.17, 15) is 9.90 Å². The molecule has 1 saturated heterocycles. The lowest BCUT2D eigenvalue weighted by Gasteiger charge is -2.32. The highest BCUT2D eigenvalue weighted by Gasteiger charge is 2.26. The van der Waals surface area contributed by atoms with E-state index in [-0.39, 0.29) is 17.9 Å². The molecule has 1 aromatic carbocycles. The predicted octanol–water partition coefficient (Wildman–Crippen LogP) is 1.96. The first-order chi connectivity index (χ1) is 10.1.